The Bertz CT molecular complexity index is 1230. The van der Waals surface area contributed by atoms with Crippen LogP contribution >= 0.6 is 0 Å². The molecule has 0 bridgehead atoms. The van der Waals surface area contributed by atoms with Crippen LogP contribution in [0.5, 0.6) is 0 Å². The molecule has 2 aromatic carbocycles. The van der Waals surface area contributed by atoms with Crippen molar-refractivity contribution in [3.05, 3.63) is 83.2 Å². The van der Waals surface area contributed by atoms with Crippen LogP contribution < -0.4 is 0 Å². The Kier molecular flexibility index (Phi) is 5.24. The van der Waals surface area contributed by atoms with Gasteiger partial charge in [0.2, 0.25) is 0 Å². The quantitative estimate of drug-likeness (QED) is 0.444. The van der Waals surface area contributed by atoms with Crippen LogP contribution in [0.4, 0.5) is 0 Å². The molecule has 0 aliphatic heterocycles. The third kappa shape index (κ3) is 3.83. The fourth-order valence-electron chi connectivity index (χ4n) is 4.41. The Morgan fingerprint density at radius 2 is 1.87 bits per heavy atom. The third-order valence-corrected chi connectivity index (χ3v) is 6.03. The predicted octanol–water partition coefficient (Wildman–Crippen LogP) is 5.08. The van der Waals surface area contributed by atoms with E-state index in [0.717, 1.165) is 76.8 Å². The van der Waals surface area contributed by atoms with E-state index in [2.05, 4.69) is 5.16 Å². The Hall–Kier alpha value is -3.47. The van der Waals surface area contributed by atoms with E-state index in [4.69, 9.17) is 9.51 Å². The zero-order valence-electron chi connectivity index (χ0n) is 17.7. The maximum atomic E-state index is 13.4. The number of nitrogens with zero attached hydrogens (tertiary/aromatic N) is 3. The third-order valence-electron chi connectivity index (χ3n) is 6.03. The largest absolute Gasteiger partial charge is 0.361 e. The molecular formula is C26H25N3O2. The van der Waals surface area contributed by atoms with Crippen LogP contribution in [-0.4, -0.2) is 34.5 Å². The van der Waals surface area contributed by atoms with Gasteiger partial charge in [-0.1, -0.05) is 53.7 Å². The fraction of sp³-hybridized carbons (Fsp3) is 0.269. The zero-order valence-corrected chi connectivity index (χ0v) is 17.7. The smallest absolute Gasteiger partial charge is 0.254 e. The molecule has 0 radical (unpaired) electrons. The van der Waals surface area contributed by atoms with Gasteiger partial charge in [-0.15, -0.1) is 0 Å². The molecule has 0 saturated heterocycles. The van der Waals surface area contributed by atoms with Gasteiger partial charge in [0.15, 0.2) is 0 Å². The molecule has 2 heterocycles. The lowest BCUT2D eigenvalue weighted by Gasteiger charge is -2.20. The lowest BCUT2D eigenvalue weighted by Crippen LogP contribution is -2.29. The highest BCUT2D eigenvalue weighted by molar-refractivity contribution is 6.07. The summed E-state index contributed by atoms with van der Waals surface area (Å²) in [5.74, 6) is 0.925. The highest BCUT2D eigenvalue weighted by Gasteiger charge is 2.25. The van der Waals surface area contributed by atoms with Crippen LogP contribution in [0.25, 0.3) is 22.2 Å². The molecule has 0 unspecified atom stereocenters. The number of pyridine rings is 1. The summed E-state index contributed by atoms with van der Waals surface area (Å²) >= 11 is 0. The van der Waals surface area contributed by atoms with Crippen molar-refractivity contribution in [1.82, 2.24) is 15.0 Å². The Morgan fingerprint density at radius 3 is 2.74 bits per heavy atom. The molecule has 4 aromatic rings. The molecule has 0 N–H and O–H groups in total. The van der Waals surface area contributed by atoms with Crippen LogP contribution in [0.15, 0.2) is 65.2 Å². The minimum absolute atomic E-state index is 0.0827. The molecule has 0 atom stereocenters. The molecule has 1 aliphatic rings. The fourth-order valence-corrected chi connectivity index (χ4v) is 4.41. The van der Waals surface area contributed by atoms with E-state index in [9.17, 15) is 4.79 Å². The standard InChI is InChI=1S/C26H25N3O2/c1-29(16-8-11-19-17-24(28-31-19)18-9-3-2-4-10-18)26(30)25-20-12-5-6-14-22(20)27-23-15-7-13-21(23)25/h2-6,9-10,12,14,17H,7-8,11,13,15-16H2,1H3. The second kappa shape index (κ2) is 8.34. The van der Waals surface area contributed by atoms with Gasteiger partial charge in [0.25, 0.3) is 5.91 Å². The molecule has 5 nitrogen and oxygen atoms in total. The van der Waals surface area contributed by atoms with Gasteiger partial charge >= 0.3 is 0 Å². The molecule has 5 rings (SSSR count). The first-order valence-corrected chi connectivity index (χ1v) is 10.9. The Balaban J connectivity index is 1.28. The van der Waals surface area contributed by atoms with Gasteiger partial charge in [-0.05, 0) is 37.3 Å². The van der Waals surface area contributed by atoms with Crippen molar-refractivity contribution in [2.45, 2.75) is 32.1 Å². The average Bonchev–Trinajstić information content (AvgIpc) is 3.47. The predicted molar refractivity (Wildman–Crippen MR) is 121 cm³/mol. The number of carbonyl (C=O) groups is 1. The van der Waals surface area contributed by atoms with Gasteiger partial charge in [0, 0.05) is 42.7 Å². The highest BCUT2D eigenvalue weighted by atomic mass is 16.5. The van der Waals surface area contributed by atoms with Crippen molar-refractivity contribution in [2.75, 3.05) is 13.6 Å². The van der Waals surface area contributed by atoms with Gasteiger partial charge < -0.3 is 9.42 Å². The van der Waals surface area contributed by atoms with Crippen molar-refractivity contribution in [1.29, 1.82) is 0 Å². The normalized spacial score (nSPS) is 12.8. The number of benzene rings is 2. The van der Waals surface area contributed by atoms with Gasteiger partial charge in [0.05, 0.1) is 11.1 Å². The van der Waals surface area contributed by atoms with E-state index in [1.165, 1.54) is 0 Å². The first-order valence-electron chi connectivity index (χ1n) is 10.9. The molecule has 0 fully saturated rings. The van der Waals surface area contributed by atoms with E-state index in [-0.39, 0.29) is 5.91 Å². The number of rotatable bonds is 6. The van der Waals surface area contributed by atoms with E-state index in [0.29, 0.717) is 6.54 Å². The molecule has 1 aliphatic carbocycles. The van der Waals surface area contributed by atoms with E-state index in [1.54, 1.807) is 0 Å². The van der Waals surface area contributed by atoms with Gasteiger partial charge in [-0.2, -0.15) is 0 Å². The molecule has 5 heteroatoms. The number of aryl methyl sites for hydroxylation is 2. The number of carbonyl (C=O) groups excluding carboxylic acids is 1. The van der Waals surface area contributed by atoms with Crippen LogP contribution in [0.2, 0.25) is 0 Å². The SMILES string of the molecule is CN(CCCc1cc(-c2ccccc2)no1)C(=O)c1c2c(nc3ccccc13)CCC2. The molecular weight excluding hydrogens is 386 g/mol. The molecule has 156 valence electrons. The lowest BCUT2D eigenvalue weighted by atomic mass is 10.00. The number of fused-ring (bicyclic) bond motifs is 2. The molecule has 0 spiro atoms. The van der Waals surface area contributed by atoms with Crippen LogP contribution in [0, 0.1) is 0 Å². The summed E-state index contributed by atoms with van der Waals surface area (Å²) in [4.78, 5) is 20.0. The van der Waals surface area contributed by atoms with E-state index >= 15 is 0 Å². The summed E-state index contributed by atoms with van der Waals surface area (Å²) in [6, 6.07) is 20.0. The lowest BCUT2D eigenvalue weighted by molar-refractivity contribution is 0.0793. The number of hydrogen-bond acceptors (Lipinski definition) is 4. The topological polar surface area (TPSA) is 59.2 Å². The molecule has 1 amide bonds. The summed E-state index contributed by atoms with van der Waals surface area (Å²) in [6.45, 7) is 0.658. The number of aromatic nitrogens is 2. The van der Waals surface area contributed by atoms with E-state index < -0.39 is 0 Å². The maximum absolute atomic E-state index is 13.4. The molecule has 2 aromatic heterocycles. The molecule has 0 saturated carbocycles. The van der Waals surface area contributed by atoms with Crippen molar-refractivity contribution >= 4 is 16.8 Å². The summed E-state index contributed by atoms with van der Waals surface area (Å²) in [7, 11) is 1.88. The second-order valence-corrected chi connectivity index (χ2v) is 8.16. The zero-order chi connectivity index (χ0) is 21.2. The summed E-state index contributed by atoms with van der Waals surface area (Å²) < 4.78 is 5.50. The van der Waals surface area contributed by atoms with Crippen LogP contribution in [0.3, 0.4) is 0 Å². The summed E-state index contributed by atoms with van der Waals surface area (Å²) in [6.07, 6.45) is 4.52. The highest BCUT2D eigenvalue weighted by Crippen LogP contribution is 2.30. The van der Waals surface area contributed by atoms with Crippen molar-refractivity contribution in [3.8, 4) is 11.3 Å². The number of amides is 1. The first kappa shape index (κ1) is 19.5. The average molecular weight is 412 g/mol. The Morgan fingerprint density at radius 1 is 1.06 bits per heavy atom. The Labute approximate surface area is 181 Å². The first-order chi connectivity index (χ1) is 15.2. The number of para-hydroxylation sites is 1. The maximum Gasteiger partial charge on any atom is 0.254 e. The molecule has 31 heavy (non-hydrogen) atoms. The van der Waals surface area contributed by atoms with Crippen molar-refractivity contribution in [2.24, 2.45) is 0 Å². The minimum atomic E-state index is 0.0827. The minimum Gasteiger partial charge on any atom is -0.361 e. The summed E-state index contributed by atoms with van der Waals surface area (Å²) in [5, 5.41) is 5.14. The van der Waals surface area contributed by atoms with Gasteiger partial charge in [-0.25, -0.2) is 0 Å². The van der Waals surface area contributed by atoms with Gasteiger partial charge in [0.1, 0.15) is 11.5 Å². The monoisotopic (exact) mass is 411 g/mol. The summed E-state index contributed by atoms with van der Waals surface area (Å²) in [5.41, 5.74) is 5.87. The van der Waals surface area contributed by atoms with Crippen molar-refractivity contribution in [3.63, 3.8) is 0 Å². The van der Waals surface area contributed by atoms with Gasteiger partial charge in [-0.3, -0.25) is 9.78 Å². The van der Waals surface area contributed by atoms with Crippen LogP contribution in [-0.2, 0) is 19.3 Å². The number of hydrogen-bond donors (Lipinski definition) is 0. The van der Waals surface area contributed by atoms with Crippen LogP contribution in [0.1, 0.15) is 40.2 Å². The van der Waals surface area contributed by atoms with Crippen molar-refractivity contribution < 1.29 is 9.32 Å². The second-order valence-electron chi connectivity index (χ2n) is 8.16. The van der Waals surface area contributed by atoms with E-state index in [1.807, 2.05) is 72.6 Å².